The summed E-state index contributed by atoms with van der Waals surface area (Å²) >= 11 is 0. The van der Waals surface area contributed by atoms with E-state index in [0.29, 0.717) is 5.92 Å². The van der Waals surface area contributed by atoms with E-state index in [1.54, 1.807) is 0 Å². The molecule has 1 aliphatic rings. The minimum atomic E-state index is -0.0751. The Balaban J connectivity index is 2.04. The Morgan fingerprint density at radius 2 is 2.08 bits per heavy atom. The highest BCUT2D eigenvalue weighted by molar-refractivity contribution is 5.77. The number of carbonyl (C=O) groups excluding carboxylic acids is 1. The molecule has 0 spiro atoms. The van der Waals surface area contributed by atoms with Gasteiger partial charge < -0.3 is 4.74 Å². The average Bonchev–Trinajstić information content (AvgIpc) is 2.98. The van der Waals surface area contributed by atoms with Crippen molar-refractivity contribution in [2.24, 2.45) is 5.92 Å². The van der Waals surface area contributed by atoms with Crippen LogP contribution in [-0.4, -0.2) is 13.1 Å². The molecule has 0 amide bonds. The molecule has 1 unspecified atom stereocenters. The van der Waals surface area contributed by atoms with E-state index in [-0.39, 0.29) is 11.9 Å². The molecule has 1 aromatic carbocycles. The van der Waals surface area contributed by atoms with Gasteiger partial charge in [-0.2, -0.15) is 0 Å². The first-order valence-corrected chi connectivity index (χ1v) is 4.45. The number of rotatable bonds is 2. The molecule has 2 heteroatoms. The molecule has 2 atom stereocenters. The topological polar surface area (TPSA) is 26.3 Å². The van der Waals surface area contributed by atoms with Crippen LogP contribution in [0.4, 0.5) is 0 Å². The van der Waals surface area contributed by atoms with Gasteiger partial charge in [0.2, 0.25) is 0 Å². The molecule has 0 aromatic heterocycles. The number of carbonyl (C=O) groups is 1. The predicted molar refractivity (Wildman–Crippen MR) is 49.3 cm³/mol. The van der Waals surface area contributed by atoms with E-state index in [0.717, 1.165) is 6.42 Å². The van der Waals surface area contributed by atoms with Gasteiger partial charge in [0.25, 0.3) is 0 Å². The summed E-state index contributed by atoms with van der Waals surface area (Å²) in [6.45, 7) is 0. The fraction of sp³-hybridized carbons (Fsp3) is 0.364. The van der Waals surface area contributed by atoms with Crippen LogP contribution in [-0.2, 0) is 9.53 Å². The molecule has 0 heterocycles. The number of hydrogen-bond acceptors (Lipinski definition) is 2. The van der Waals surface area contributed by atoms with Crippen LogP contribution in [0.3, 0.4) is 0 Å². The van der Waals surface area contributed by atoms with Crippen molar-refractivity contribution in [2.45, 2.75) is 12.3 Å². The molecule has 1 fully saturated rings. The Morgan fingerprint density at radius 1 is 1.38 bits per heavy atom. The summed E-state index contributed by atoms with van der Waals surface area (Å²) in [6.07, 6.45) is 0.941. The smallest absolute Gasteiger partial charge is 0.309 e. The minimum Gasteiger partial charge on any atom is -0.469 e. The first-order valence-electron chi connectivity index (χ1n) is 4.45. The van der Waals surface area contributed by atoms with Gasteiger partial charge in [-0.3, -0.25) is 4.79 Å². The molecule has 0 radical (unpaired) electrons. The fourth-order valence-corrected chi connectivity index (χ4v) is 1.68. The highest BCUT2D eigenvalue weighted by Gasteiger charge is 2.44. The van der Waals surface area contributed by atoms with Gasteiger partial charge >= 0.3 is 5.97 Å². The molecule has 0 aliphatic heterocycles. The van der Waals surface area contributed by atoms with E-state index in [1.165, 1.54) is 12.7 Å². The summed E-state index contributed by atoms with van der Waals surface area (Å²) in [6, 6.07) is 10.1. The zero-order chi connectivity index (χ0) is 9.26. The quantitative estimate of drug-likeness (QED) is 0.644. The monoisotopic (exact) mass is 176 g/mol. The Hall–Kier alpha value is -1.31. The van der Waals surface area contributed by atoms with E-state index in [2.05, 4.69) is 16.9 Å². The molecule has 2 rings (SSSR count). The molecule has 2 nitrogen and oxygen atoms in total. The lowest BCUT2D eigenvalue weighted by molar-refractivity contribution is -0.142. The van der Waals surface area contributed by atoms with Crippen LogP contribution in [0.25, 0.3) is 0 Å². The van der Waals surface area contributed by atoms with E-state index >= 15 is 0 Å². The van der Waals surface area contributed by atoms with E-state index in [9.17, 15) is 4.79 Å². The van der Waals surface area contributed by atoms with Gasteiger partial charge in [0, 0.05) is 0 Å². The Morgan fingerprint density at radius 3 is 2.69 bits per heavy atom. The number of benzene rings is 1. The second-order valence-corrected chi connectivity index (χ2v) is 3.38. The van der Waals surface area contributed by atoms with Gasteiger partial charge in [-0.05, 0) is 17.9 Å². The highest BCUT2D eigenvalue weighted by Crippen LogP contribution is 2.47. The number of ether oxygens (including phenoxy) is 1. The lowest BCUT2D eigenvalue weighted by Crippen LogP contribution is -2.03. The summed E-state index contributed by atoms with van der Waals surface area (Å²) in [5.41, 5.74) is 1.25. The van der Waals surface area contributed by atoms with Crippen molar-refractivity contribution in [1.29, 1.82) is 0 Å². The first-order chi connectivity index (χ1) is 6.33. The number of esters is 1. The Kier molecular flexibility index (Phi) is 2.05. The van der Waals surface area contributed by atoms with Gasteiger partial charge in [0.05, 0.1) is 13.0 Å². The second kappa shape index (κ2) is 3.21. The number of methoxy groups -OCH3 is 1. The molecule has 1 aromatic rings. The van der Waals surface area contributed by atoms with Crippen LogP contribution in [0.5, 0.6) is 0 Å². The SMILES string of the molecule is COC(=O)C1C[C@H]1c1ccccc1. The van der Waals surface area contributed by atoms with Crippen LogP contribution < -0.4 is 0 Å². The van der Waals surface area contributed by atoms with Gasteiger partial charge in [-0.1, -0.05) is 30.3 Å². The van der Waals surface area contributed by atoms with Crippen molar-refractivity contribution in [3.8, 4) is 0 Å². The zero-order valence-electron chi connectivity index (χ0n) is 7.57. The molecule has 0 N–H and O–H groups in total. The van der Waals surface area contributed by atoms with Crippen molar-refractivity contribution in [3.05, 3.63) is 35.9 Å². The van der Waals surface area contributed by atoms with Gasteiger partial charge in [-0.25, -0.2) is 0 Å². The molecule has 68 valence electrons. The first kappa shape index (κ1) is 8.30. The van der Waals surface area contributed by atoms with Crippen molar-refractivity contribution < 1.29 is 9.53 Å². The maximum Gasteiger partial charge on any atom is 0.309 e. The summed E-state index contributed by atoms with van der Waals surface area (Å²) in [5, 5.41) is 0. The highest BCUT2D eigenvalue weighted by atomic mass is 16.5. The fourth-order valence-electron chi connectivity index (χ4n) is 1.68. The summed E-state index contributed by atoms with van der Waals surface area (Å²) in [7, 11) is 1.45. The summed E-state index contributed by atoms with van der Waals surface area (Å²) < 4.78 is 4.69. The molecule has 1 saturated carbocycles. The van der Waals surface area contributed by atoms with Crippen LogP contribution in [0.2, 0.25) is 0 Å². The van der Waals surface area contributed by atoms with E-state index in [1.807, 2.05) is 18.2 Å². The third-order valence-corrected chi connectivity index (χ3v) is 2.52. The largest absolute Gasteiger partial charge is 0.469 e. The van der Waals surface area contributed by atoms with Gasteiger partial charge in [0.1, 0.15) is 0 Å². The molecule has 1 aliphatic carbocycles. The Bertz CT molecular complexity index is 305. The van der Waals surface area contributed by atoms with Crippen LogP contribution in [0.1, 0.15) is 17.9 Å². The van der Waals surface area contributed by atoms with Crippen LogP contribution in [0, 0.1) is 5.92 Å². The van der Waals surface area contributed by atoms with E-state index in [4.69, 9.17) is 0 Å². The lowest BCUT2D eigenvalue weighted by Gasteiger charge is -1.98. The number of hydrogen-bond donors (Lipinski definition) is 0. The van der Waals surface area contributed by atoms with Crippen molar-refractivity contribution >= 4 is 5.97 Å². The molecule has 0 bridgehead atoms. The van der Waals surface area contributed by atoms with Crippen LogP contribution >= 0.6 is 0 Å². The van der Waals surface area contributed by atoms with Gasteiger partial charge in [0.15, 0.2) is 0 Å². The third-order valence-electron chi connectivity index (χ3n) is 2.52. The summed E-state index contributed by atoms with van der Waals surface area (Å²) in [5.74, 6) is 0.426. The van der Waals surface area contributed by atoms with Crippen molar-refractivity contribution in [3.63, 3.8) is 0 Å². The molecular weight excluding hydrogens is 164 g/mol. The standard InChI is InChI=1S/C11H12O2/c1-13-11(12)10-7-9(10)8-5-3-2-4-6-8/h2-6,9-10H,7H2,1H3/t9-,10?/m0/s1. The zero-order valence-corrected chi connectivity index (χ0v) is 7.57. The molecular formula is C11H12O2. The summed E-state index contributed by atoms with van der Waals surface area (Å²) in [4.78, 5) is 11.1. The van der Waals surface area contributed by atoms with E-state index < -0.39 is 0 Å². The predicted octanol–water partition coefficient (Wildman–Crippen LogP) is 1.96. The van der Waals surface area contributed by atoms with Crippen molar-refractivity contribution in [2.75, 3.05) is 7.11 Å². The lowest BCUT2D eigenvalue weighted by atomic mass is 10.1. The molecule has 13 heavy (non-hydrogen) atoms. The maximum absolute atomic E-state index is 11.1. The van der Waals surface area contributed by atoms with Gasteiger partial charge in [-0.15, -0.1) is 0 Å². The minimum absolute atomic E-state index is 0.0751. The van der Waals surface area contributed by atoms with Crippen LogP contribution in [0.15, 0.2) is 30.3 Å². The average molecular weight is 176 g/mol. The third kappa shape index (κ3) is 1.57. The Labute approximate surface area is 77.5 Å². The second-order valence-electron chi connectivity index (χ2n) is 3.38. The molecule has 0 saturated heterocycles. The van der Waals surface area contributed by atoms with Crippen molar-refractivity contribution in [1.82, 2.24) is 0 Å². The normalized spacial score (nSPS) is 25.3. The maximum atomic E-state index is 11.1.